The van der Waals surface area contributed by atoms with E-state index in [1.54, 1.807) is 12.1 Å². The number of benzene rings is 1. The molecule has 0 saturated heterocycles. The molecule has 23 heavy (non-hydrogen) atoms. The Labute approximate surface area is 144 Å². The van der Waals surface area contributed by atoms with Crippen molar-refractivity contribution in [1.29, 1.82) is 0 Å². The van der Waals surface area contributed by atoms with Crippen LogP contribution in [0.4, 0.5) is 0 Å². The number of rotatable bonds is 10. The average Bonchev–Trinajstić information content (AvgIpc) is 2.52. The Kier molecular flexibility index (Phi) is 8.47. The smallest absolute Gasteiger partial charge is 0.303 e. The molecule has 0 bridgehead atoms. The maximum atomic E-state index is 12.1. The molecule has 0 spiro atoms. The molecule has 0 fully saturated rings. The lowest BCUT2D eigenvalue weighted by Crippen LogP contribution is -2.24. The Hall–Kier alpha value is -1.76. The Bertz CT molecular complexity index is 548. The van der Waals surface area contributed by atoms with Gasteiger partial charge in [-0.1, -0.05) is 6.92 Å². The highest BCUT2D eigenvalue weighted by Crippen LogP contribution is 2.36. The summed E-state index contributed by atoms with van der Waals surface area (Å²) in [7, 11) is 1.52. The SMILES string of the molecule is CCCOc1c(Br)cc(C(=O)NCCCCC(=O)O)cc1OC. The van der Waals surface area contributed by atoms with Gasteiger partial charge in [-0.25, -0.2) is 0 Å². The van der Waals surface area contributed by atoms with Crippen molar-refractivity contribution < 1.29 is 24.2 Å². The van der Waals surface area contributed by atoms with E-state index in [1.165, 1.54) is 7.11 Å². The Morgan fingerprint density at radius 2 is 2.04 bits per heavy atom. The molecule has 0 aliphatic rings. The van der Waals surface area contributed by atoms with Crippen molar-refractivity contribution in [2.75, 3.05) is 20.3 Å². The van der Waals surface area contributed by atoms with Gasteiger partial charge < -0.3 is 19.9 Å². The number of unbranched alkanes of at least 4 members (excludes halogenated alkanes) is 1. The highest BCUT2D eigenvalue weighted by atomic mass is 79.9. The fraction of sp³-hybridized carbons (Fsp3) is 0.500. The van der Waals surface area contributed by atoms with Gasteiger partial charge >= 0.3 is 5.97 Å². The van der Waals surface area contributed by atoms with Crippen molar-refractivity contribution in [3.8, 4) is 11.5 Å². The van der Waals surface area contributed by atoms with Crippen LogP contribution in [-0.4, -0.2) is 37.2 Å². The van der Waals surface area contributed by atoms with Crippen LogP contribution in [0.2, 0.25) is 0 Å². The van der Waals surface area contributed by atoms with Crippen LogP contribution in [0.5, 0.6) is 11.5 Å². The van der Waals surface area contributed by atoms with Crippen LogP contribution in [0.15, 0.2) is 16.6 Å². The molecule has 1 rings (SSSR count). The molecule has 0 radical (unpaired) electrons. The van der Waals surface area contributed by atoms with Crippen molar-refractivity contribution in [1.82, 2.24) is 5.32 Å². The number of halogens is 1. The van der Waals surface area contributed by atoms with E-state index >= 15 is 0 Å². The standard InChI is InChI=1S/C16H22BrNO5/c1-3-8-23-15-12(17)9-11(10-13(15)22-2)16(21)18-7-5-4-6-14(19)20/h9-10H,3-8H2,1-2H3,(H,18,21)(H,19,20). The lowest BCUT2D eigenvalue weighted by atomic mass is 10.1. The van der Waals surface area contributed by atoms with E-state index in [1.807, 2.05) is 6.92 Å². The summed E-state index contributed by atoms with van der Waals surface area (Å²) < 4.78 is 11.6. The van der Waals surface area contributed by atoms with Crippen LogP contribution in [0.25, 0.3) is 0 Å². The minimum absolute atomic E-state index is 0.110. The molecule has 0 aliphatic carbocycles. The number of carbonyl (C=O) groups excluding carboxylic acids is 1. The normalized spacial score (nSPS) is 10.2. The first kappa shape index (κ1) is 19.3. The van der Waals surface area contributed by atoms with Crippen LogP contribution >= 0.6 is 15.9 Å². The number of amides is 1. The molecule has 1 amide bonds. The maximum Gasteiger partial charge on any atom is 0.303 e. The number of carboxylic acid groups (broad SMARTS) is 1. The van der Waals surface area contributed by atoms with Crippen molar-refractivity contribution in [2.24, 2.45) is 0 Å². The fourth-order valence-corrected chi connectivity index (χ4v) is 2.46. The molecule has 6 nitrogen and oxygen atoms in total. The van der Waals surface area contributed by atoms with Gasteiger partial charge in [0.25, 0.3) is 5.91 Å². The molecular weight excluding hydrogens is 366 g/mol. The van der Waals surface area contributed by atoms with Crippen molar-refractivity contribution in [3.05, 3.63) is 22.2 Å². The first-order valence-electron chi connectivity index (χ1n) is 7.49. The molecule has 0 heterocycles. The number of hydrogen-bond donors (Lipinski definition) is 2. The van der Waals surface area contributed by atoms with Crippen molar-refractivity contribution in [3.63, 3.8) is 0 Å². The van der Waals surface area contributed by atoms with Crippen molar-refractivity contribution in [2.45, 2.75) is 32.6 Å². The zero-order chi connectivity index (χ0) is 17.2. The highest BCUT2D eigenvalue weighted by Gasteiger charge is 2.15. The molecule has 0 atom stereocenters. The number of nitrogens with one attached hydrogen (secondary N) is 1. The quantitative estimate of drug-likeness (QED) is 0.602. The third-order valence-corrected chi connectivity index (χ3v) is 3.63. The second-order valence-electron chi connectivity index (χ2n) is 4.94. The van der Waals surface area contributed by atoms with E-state index in [4.69, 9.17) is 14.6 Å². The molecular formula is C16H22BrNO5. The Balaban J connectivity index is 2.66. The van der Waals surface area contributed by atoms with Gasteiger partial charge in [-0.3, -0.25) is 9.59 Å². The summed E-state index contributed by atoms with van der Waals surface area (Å²) in [5.74, 6) is 0.00485. The fourth-order valence-electron chi connectivity index (χ4n) is 1.90. The lowest BCUT2D eigenvalue weighted by molar-refractivity contribution is -0.137. The van der Waals surface area contributed by atoms with E-state index in [-0.39, 0.29) is 12.3 Å². The zero-order valence-electron chi connectivity index (χ0n) is 13.4. The van der Waals surface area contributed by atoms with Crippen molar-refractivity contribution >= 4 is 27.8 Å². The molecule has 1 aromatic carbocycles. The van der Waals surface area contributed by atoms with Gasteiger partial charge in [-0.2, -0.15) is 0 Å². The minimum Gasteiger partial charge on any atom is -0.493 e. The first-order chi connectivity index (χ1) is 11.0. The number of carbonyl (C=O) groups is 2. The van der Waals surface area contributed by atoms with Gasteiger partial charge in [0.15, 0.2) is 11.5 Å². The predicted octanol–water partition coefficient (Wildman–Crippen LogP) is 3.23. The number of aliphatic carboxylic acids is 1. The van der Waals surface area contributed by atoms with Gasteiger partial charge in [-0.05, 0) is 47.3 Å². The molecule has 0 saturated carbocycles. The lowest BCUT2D eigenvalue weighted by Gasteiger charge is -2.14. The minimum atomic E-state index is -0.826. The zero-order valence-corrected chi connectivity index (χ0v) is 14.9. The largest absolute Gasteiger partial charge is 0.493 e. The summed E-state index contributed by atoms with van der Waals surface area (Å²) in [5, 5.41) is 11.3. The van der Waals surface area contributed by atoms with E-state index in [2.05, 4.69) is 21.2 Å². The molecule has 0 aliphatic heterocycles. The van der Waals surface area contributed by atoms with Gasteiger partial charge in [0.1, 0.15) is 0 Å². The van der Waals surface area contributed by atoms with E-state index in [0.29, 0.717) is 47.5 Å². The summed E-state index contributed by atoms with van der Waals surface area (Å²) >= 11 is 3.40. The molecule has 128 valence electrons. The summed E-state index contributed by atoms with van der Waals surface area (Å²) in [6.07, 6.45) is 2.13. The van der Waals surface area contributed by atoms with E-state index in [9.17, 15) is 9.59 Å². The summed E-state index contributed by atoms with van der Waals surface area (Å²) in [5.41, 5.74) is 0.454. The van der Waals surface area contributed by atoms with E-state index in [0.717, 1.165) is 6.42 Å². The Morgan fingerprint density at radius 3 is 2.65 bits per heavy atom. The van der Waals surface area contributed by atoms with Crippen LogP contribution in [0, 0.1) is 0 Å². The third-order valence-electron chi connectivity index (χ3n) is 3.05. The molecule has 2 N–H and O–H groups in total. The number of ether oxygens (including phenoxy) is 2. The first-order valence-corrected chi connectivity index (χ1v) is 8.29. The molecule has 7 heteroatoms. The van der Waals surface area contributed by atoms with Crippen LogP contribution in [-0.2, 0) is 4.79 Å². The number of methoxy groups -OCH3 is 1. The summed E-state index contributed by atoms with van der Waals surface area (Å²) in [6.45, 7) is 3.00. The van der Waals surface area contributed by atoms with Gasteiger partial charge in [0.05, 0.1) is 18.2 Å². The average molecular weight is 388 g/mol. The van der Waals surface area contributed by atoms with Gasteiger partial charge in [0.2, 0.25) is 0 Å². The predicted molar refractivity (Wildman–Crippen MR) is 90.3 cm³/mol. The second-order valence-corrected chi connectivity index (χ2v) is 5.80. The number of carboxylic acids is 1. The van der Waals surface area contributed by atoms with E-state index < -0.39 is 5.97 Å². The third kappa shape index (κ3) is 6.48. The maximum absolute atomic E-state index is 12.1. The molecule has 0 aromatic heterocycles. The Morgan fingerprint density at radius 1 is 1.30 bits per heavy atom. The van der Waals surface area contributed by atoms with Gasteiger partial charge in [-0.15, -0.1) is 0 Å². The van der Waals surface area contributed by atoms with Crippen LogP contribution < -0.4 is 14.8 Å². The highest BCUT2D eigenvalue weighted by molar-refractivity contribution is 9.10. The van der Waals surface area contributed by atoms with Crippen LogP contribution in [0.3, 0.4) is 0 Å². The second kappa shape index (κ2) is 10.1. The summed E-state index contributed by atoms with van der Waals surface area (Å²) in [6, 6.07) is 3.31. The summed E-state index contributed by atoms with van der Waals surface area (Å²) in [4.78, 5) is 22.6. The van der Waals surface area contributed by atoms with Gasteiger partial charge in [0, 0.05) is 18.5 Å². The monoisotopic (exact) mass is 387 g/mol. The van der Waals surface area contributed by atoms with Crippen LogP contribution in [0.1, 0.15) is 43.0 Å². The molecule has 0 unspecified atom stereocenters. The topological polar surface area (TPSA) is 84.9 Å². The molecule has 1 aromatic rings. The number of hydrogen-bond acceptors (Lipinski definition) is 4.